The molecule has 1 amide bonds. The Morgan fingerprint density at radius 1 is 1.20 bits per heavy atom. The number of nitrogens with zero attached hydrogens (tertiary/aromatic N) is 1. The van der Waals surface area contributed by atoms with Crippen LogP contribution in [0.5, 0.6) is 0 Å². The lowest BCUT2D eigenvalue weighted by Crippen LogP contribution is -2.38. The van der Waals surface area contributed by atoms with Gasteiger partial charge in [-0.25, -0.2) is 0 Å². The van der Waals surface area contributed by atoms with Gasteiger partial charge in [-0.1, -0.05) is 51.1 Å². The van der Waals surface area contributed by atoms with Gasteiger partial charge in [-0.2, -0.15) is 0 Å². The highest BCUT2D eigenvalue weighted by molar-refractivity contribution is 5.79. The number of fused-ring (bicyclic) bond motifs is 2. The molecule has 1 aromatic carbocycles. The lowest BCUT2D eigenvalue weighted by Gasteiger charge is -2.39. The highest BCUT2D eigenvalue weighted by Crippen LogP contribution is 2.52. The molecule has 2 bridgehead atoms. The second-order valence-electron chi connectivity index (χ2n) is 7.90. The van der Waals surface area contributed by atoms with Crippen molar-refractivity contribution >= 4 is 5.91 Å². The number of hydrogen-bond acceptors (Lipinski definition) is 1. The summed E-state index contributed by atoms with van der Waals surface area (Å²) in [4.78, 5) is 14.8. The summed E-state index contributed by atoms with van der Waals surface area (Å²) in [6.07, 6.45) is 4.14. The molecule has 0 aromatic heterocycles. The smallest absolute Gasteiger partial charge is 0.227 e. The average Bonchev–Trinajstić information content (AvgIpc) is 2.60. The van der Waals surface area contributed by atoms with E-state index in [2.05, 4.69) is 25.7 Å². The van der Waals surface area contributed by atoms with Gasteiger partial charge < -0.3 is 4.90 Å². The Balaban J connectivity index is 1.74. The van der Waals surface area contributed by atoms with Crippen LogP contribution in [0, 0.1) is 10.8 Å². The number of rotatable bonds is 2. The van der Waals surface area contributed by atoms with Crippen LogP contribution in [0.25, 0.3) is 0 Å². The van der Waals surface area contributed by atoms with E-state index in [0.29, 0.717) is 29.2 Å². The molecular weight excluding hydrogens is 246 g/mol. The van der Waals surface area contributed by atoms with E-state index in [1.54, 1.807) is 0 Å². The molecule has 3 rings (SSSR count). The van der Waals surface area contributed by atoms with Gasteiger partial charge in [0.05, 0.1) is 6.42 Å². The number of likely N-dealkylation sites (tertiary alicyclic amines) is 1. The first kappa shape index (κ1) is 13.7. The highest BCUT2D eigenvalue weighted by Gasteiger charge is 2.50. The SMILES string of the molecule is CC1(C)C[C@@H]2C[C@@](C)(CN2C(=O)Cc2ccccc2)C1. The van der Waals surface area contributed by atoms with Crippen LogP contribution in [0.4, 0.5) is 0 Å². The van der Waals surface area contributed by atoms with Crippen molar-refractivity contribution in [2.75, 3.05) is 6.54 Å². The molecule has 1 saturated heterocycles. The zero-order valence-electron chi connectivity index (χ0n) is 12.9. The van der Waals surface area contributed by atoms with Gasteiger partial charge in [0.1, 0.15) is 0 Å². The second-order valence-corrected chi connectivity index (χ2v) is 7.90. The molecule has 20 heavy (non-hydrogen) atoms. The van der Waals surface area contributed by atoms with E-state index < -0.39 is 0 Å². The zero-order chi connectivity index (χ0) is 14.4. The van der Waals surface area contributed by atoms with Crippen molar-refractivity contribution in [2.45, 2.75) is 52.5 Å². The molecule has 0 N–H and O–H groups in total. The molecule has 0 unspecified atom stereocenters. The number of carbonyl (C=O) groups excluding carboxylic acids is 1. The molecule has 1 aliphatic carbocycles. The van der Waals surface area contributed by atoms with Crippen LogP contribution < -0.4 is 0 Å². The molecule has 1 heterocycles. The van der Waals surface area contributed by atoms with E-state index in [-0.39, 0.29) is 0 Å². The minimum atomic E-state index is 0.308. The van der Waals surface area contributed by atoms with Crippen LogP contribution >= 0.6 is 0 Å². The minimum absolute atomic E-state index is 0.308. The van der Waals surface area contributed by atoms with E-state index in [0.717, 1.165) is 18.5 Å². The molecule has 0 radical (unpaired) electrons. The standard InChI is InChI=1S/C18H25NO/c1-17(2)10-15-11-18(3,12-17)13-19(15)16(20)9-14-7-5-4-6-8-14/h4-8,15H,9-13H2,1-3H3/t15-,18-/m1/s1. The third kappa shape index (κ3) is 2.61. The van der Waals surface area contributed by atoms with Gasteiger partial charge in [-0.3, -0.25) is 4.79 Å². The lowest BCUT2D eigenvalue weighted by atomic mass is 9.65. The quantitative estimate of drug-likeness (QED) is 0.804. The Kier molecular flexibility index (Phi) is 3.15. The average molecular weight is 271 g/mol. The van der Waals surface area contributed by atoms with Crippen LogP contribution in [0.15, 0.2) is 30.3 Å². The summed E-state index contributed by atoms with van der Waals surface area (Å²) in [5.74, 6) is 0.308. The molecule has 2 heteroatoms. The van der Waals surface area contributed by atoms with Crippen molar-refractivity contribution in [1.82, 2.24) is 4.90 Å². The van der Waals surface area contributed by atoms with Gasteiger partial charge in [0.2, 0.25) is 5.91 Å². The van der Waals surface area contributed by atoms with Crippen molar-refractivity contribution < 1.29 is 4.79 Å². The molecule has 2 fully saturated rings. The van der Waals surface area contributed by atoms with Crippen LogP contribution in [-0.4, -0.2) is 23.4 Å². The van der Waals surface area contributed by atoms with Crippen molar-refractivity contribution in [2.24, 2.45) is 10.8 Å². The van der Waals surface area contributed by atoms with Gasteiger partial charge in [0, 0.05) is 12.6 Å². The predicted octanol–water partition coefficient (Wildman–Crippen LogP) is 3.66. The van der Waals surface area contributed by atoms with E-state index in [9.17, 15) is 4.79 Å². The maximum absolute atomic E-state index is 12.6. The van der Waals surface area contributed by atoms with Crippen LogP contribution in [0.3, 0.4) is 0 Å². The summed E-state index contributed by atoms with van der Waals surface area (Å²) in [6.45, 7) is 8.01. The summed E-state index contributed by atoms with van der Waals surface area (Å²) < 4.78 is 0. The Hall–Kier alpha value is -1.31. The van der Waals surface area contributed by atoms with E-state index in [1.165, 1.54) is 12.8 Å². The number of hydrogen-bond donors (Lipinski definition) is 0. The third-order valence-electron chi connectivity index (χ3n) is 4.93. The first-order valence-corrected chi connectivity index (χ1v) is 7.70. The van der Waals surface area contributed by atoms with Gasteiger partial charge >= 0.3 is 0 Å². The van der Waals surface area contributed by atoms with Crippen LogP contribution in [0.1, 0.15) is 45.6 Å². The van der Waals surface area contributed by atoms with Crippen molar-refractivity contribution in [1.29, 1.82) is 0 Å². The van der Waals surface area contributed by atoms with Gasteiger partial charge in [-0.05, 0) is 35.7 Å². The predicted molar refractivity (Wildman–Crippen MR) is 81.4 cm³/mol. The monoisotopic (exact) mass is 271 g/mol. The normalized spacial score (nSPS) is 31.4. The van der Waals surface area contributed by atoms with E-state index in [1.807, 2.05) is 30.3 Å². The summed E-state index contributed by atoms with van der Waals surface area (Å²) in [5.41, 5.74) is 1.83. The molecule has 1 saturated carbocycles. The minimum Gasteiger partial charge on any atom is -0.339 e. The Bertz CT molecular complexity index is 507. The van der Waals surface area contributed by atoms with Crippen molar-refractivity contribution in [3.05, 3.63) is 35.9 Å². The Morgan fingerprint density at radius 3 is 2.60 bits per heavy atom. The second kappa shape index (κ2) is 4.61. The molecular formula is C18H25NO. The van der Waals surface area contributed by atoms with Gasteiger partial charge in [0.15, 0.2) is 0 Å². The summed E-state index contributed by atoms with van der Waals surface area (Å²) in [6, 6.07) is 10.6. The molecule has 0 spiro atoms. The molecule has 1 aliphatic heterocycles. The van der Waals surface area contributed by atoms with E-state index in [4.69, 9.17) is 0 Å². The third-order valence-corrected chi connectivity index (χ3v) is 4.93. The van der Waals surface area contributed by atoms with Gasteiger partial charge in [-0.15, -0.1) is 0 Å². The maximum Gasteiger partial charge on any atom is 0.227 e. The zero-order valence-corrected chi connectivity index (χ0v) is 12.9. The summed E-state index contributed by atoms with van der Waals surface area (Å²) >= 11 is 0. The first-order chi connectivity index (χ1) is 9.37. The van der Waals surface area contributed by atoms with Crippen LogP contribution in [-0.2, 0) is 11.2 Å². The molecule has 2 nitrogen and oxygen atoms in total. The lowest BCUT2D eigenvalue weighted by molar-refractivity contribution is -0.131. The largest absolute Gasteiger partial charge is 0.339 e. The number of carbonyl (C=O) groups is 1. The first-order valence-electron chi connectivity index (χ1n) is 7.70. The highest BCUT2D eigenvalue weighted by atomic mass is 16.2. The fourth-order valence-corrected chi connectivity index (χ4v) is 4.62. The molecule has 2 atom stereocenters. The molecule has 1 aromatic rings. The number of benzene rings is 1. The summed E-state index contributed by atoms with van der Waals surface area (Å²) in [7, 11) is 0. The van der Waals surface area contributed by atoms with Crippen molar-refractivity contribution in [3.8, 4) is 0 Å². The van der Waals surface area contributed by atoms with Crippen molar-refractivity contribution in [3.63, 3.8) is 0 Å². The summed E-state index contributed by atoms with van der Waals surface area (Å²) in [5, 5.41) is 0. The Morgan fingerprint density at radius 2 is 1.90 bits per heavy atom. The molecule has 2 aliphatic rings. The topological polar surface area (TPSA) is 20.3 Å². The fraction of sp³-hybridized carbons (Fsp3) is 0.611. The fourth-order valence-electron chi connectivity index (χ4n) is 4.62. The van der Waals surface area contributed by atoms with E-state index >= 15 is 0 Å². The Labute approximate surface area is 122 Å². The number of amides is 1. The van der Waals surface area contributed by atoms with Gasteiger partial charge in [0.25, 0.3) is 0 Å². The molecule has 108 valence electrons. The van der Waals surface area contributed by atoms with Crippen LogP contribution in [0.2, 0.25) is 0 Å². The maximum atomic E-state index is 12.6.